The molecule has 1 aromatic heterocycles. The predicted molar refractivity (Wildman–Crippen MR) is 80.3 cm³/mol. The van der Waals surface area contributed by atoms with Crippen LogP contribution in [0.25, 0.3) is 10.8 Å². The Bertz CT molecular complexity index is 535. The first-order chi connectivity index (χ1) is 8.86. The molecule has 18 heavy (non-hydrogen) atoms. The van der Waals surface area contributed by atoms with Gasteiger partial charge in [0.2, 0.25) is 0 Å². The van der Waals surface area contributed by atoms with E-state index in [0.717, 1.165) is 27.8 Å². The molecule has 0 spiro atoms. The van der Waals surface area contributed by atoms with Crippen LogP contribution in [0.3, 0.4) is 0 Å². The molecule has 3 rings (SSSR count). The molecule has 2 aromatic rings. The van der Waals surface area contributed by atoms with Crippen molar-refractivity contribution in [2.24, 2.45) is 0 Å². The van der Waals surface area contributed by atoms with Gasteiger partial charge in [-0.25, -0.2) is 0 Å². The van der Waals surface area contributed by atoms with E-state index in [4.69, 9.17) is 0 Å². The number of hydrogen-bond donors (Lipinski definition) is 1. The molecule has 0 saturated carbocycles. The summed E-state index contributed by atoms with van der Waals surface area (Å²) in [4.78, 5) is 4.25. The smallest absolute Gasteiger partial charge is 0.0937 e. The third kappa shape index (κ3) is 2.37. The molecule has 1 fully saturated rings. The maximum atomic E-state index is 10.6. The Morgan fingerprint density at radius 3 is 2.94 bits per heavy atom. The van der Waals surface area contributed by atoms with Gasteiger partial charge in [-0.1, -0.05) is 24.3 Å². The van der Waals surface area contributed by atoms with E-state index >= 15 is 0 Å². The van der Waals surface area contributed by atoms with Crippen molar-refractivity contribution in [1.82, 2.24) is 4.98 Å². The number of aromatic nitrogens is 1. The number of benzene rings is 1. The summed E-state index contributed by atoms with van der Waals surface area (Å²) in [5.74, 6) is 3.35. The fourth-order valence-electron chi connectivity index (χ4n) is 2.26. The fraction of sp³-hybridized carbons (Fsp3) is 0.357. The molecule has 0 amide bonds. The molecule has 0 radical (unpaired) electrons. The second-order valence-corrected chi connectivity index (χ2v) is 6.88. The van der Waals surface area contributed by atoms with Crippen LogP contribution in [-0.4, -0.2) is 32.6 Å². The van der Waals surface area contributed by atoms with Gasteiger partial charge in [0.1, 0.15) is 0 Å². The number of hydrogen-bond acceptors (Lipinski definition) is 4. The quantitative estimate of drug-likeness (QED) is 0.914. The van der Waals surface area contributed by atoms with E-state index in [1.54, 1.807) is 0 Å². The summed E-state index contributed by atoms with van der Waals surface area (Å²) in [6, 6.07) is 8.13. The van der Waals surface area contributed by atoms with E-state index in [2.05, 4.69) is 11.1 Å². The van der Waals surface area contributed by atoms with E-state index in [1.807, 2.05) is 54.1 Å². The van der Waals surface area contributed by atoms with Crippen molar-refractivity contribution in [3.63, 3.8) is 0 Å². The lowest BCUT2D eigenvalue weighted by molar-refractivity contribution is 0.181. The third-order valence-corrected chi connectivity index (χ3v) is 6.06. The van der Waals surface area contributed by atoms with Crippen LogP contribution in [-0.2, 0) is 0 Å². The minimum atomic E-state index is -0.415. The van der Waals surface area contributed by atoms with E-state index in [-0.39, 0.29) is 5.25 Å². The average molecular weight is 277 g/mol. The van der Waals surface area contributed by atoms with Crippen LogP contribution in [0.15, 0.2) is 36.7 Å². The number of aliphatic hydroxyl groups is 1. The SMILES string of the molecule is OC(c1cncc2ccccc12)C1CSCCS1. The molecule has 1 aromatic carbocycles. The molecule has 4 heteroatoms. The standard InChI is InChI=1S/C14H15NOS2/c16-14(13-9-17-5-6-18-13)12-8-15-7-10-3-1-2-4-11(10)12/h1-4,7-8,13-14,16H,5-6,9H2. The number of fused-ring (bicyclic) bond motifs is 1. The van der Waals surface area contributed by atoms with Crippen LogP contribution in [0.1, 0.15) is 11.7 Å². The second kappa shape index (κ2) is 5.51. The number of thioether (sulfide) groups is 2. The second-order valence-electron chi connectivity index (χ2n) is 4.38. The highest BCUT2D eigenvalue weighted by atomic mass is 32.2. The molecule has 1 N–H and O–H groups in total. The van der Waals surface area contributed by atoms with Gasteiger partial charge in [-0.3, -0.25) is 4.98 Å². The van der Waals surface area contributed by atoms with Gasteiger partial charge in [-0.05, 0) is 5.39 Å². The zero-order valence-electron chi connectivity index (χ0n) is 9.95. The summed E-state index contributed by atoms with van der Waals surface area (Å²) in [7, 11) is 0. The van der Waals surface area contributed by atoms with Crippen LogP contribution in [0.2, 0.25) is 0 Å². The average Bonchev–Trinajstić information content (AvgIpc) is 2.47. The van der Waals surface area contributed by atoms with Crippen LogP contribution in [0.4, 0.5) is 0 Å². The zero-order valence-corrected chi connectivity index (χ0v) is 11.6. The van der Waals surface area contributed by atoms with Crippen molar-refractivity contribution in [3.8, 4) is 0 Å². The lowest BCUT2D eigenvalue weighted by atomic mass is 10.0. The Morgan fingerprint density at radius 1 is 1.22 bits per heavy atom. The van der Waals surface area contributed by atoms with Crippen molar-refractivity contribution in [3.05, 3.63) is 42.2 Å². The highest BCUT2D eigenvalue weighted by Gasteiger charge is 2.25. The molecule has 1 aliphatic rings. The number of nitrogens with zero attached hydrogens (tertiary/aromatic N) is 1. The Hall–Kier alpha value is -0.710. The summed E-state index contributed by atoms with van der Waals surface area (Å²) in [6.07, 6.45) is 3.25. The monoisotopic (exact) mass is 277 g/mol. The maximum absolute atomic E-state index is 10.6. The minimum absolute atomic E-state index is 0.288. The van der Waals surface area contributed by atoms with Crippen LogP contribution < -0.4 is 0 Å². The molecule has 1 aliphatic heterocycles. The first-order valence-corrected chi connectivity index (χ1v) is 8.26. The predicted octanol–water partition coefficient (Wildman–Crippen LogP) is 3.12. The highest BCUT2D eigenvalue weighted by Crippen LogP contribution is 2.35. The summed E-state index contributed by atoms with van der Waals surface area (Å²) in [6.45, 7) is 0. The van der Waals surface area contributed by atoms with Gasteiger partial charge >= 0.3 is 0 Å². The van der Waals surface area contributed by atoms with Crippen molar-refractivity contribution >= 4 is 34.3 Å². The molecule has 94 valence electrons. The van der Waals surface area contributed by atoms with E-state index < -0.39 is 6.10 Å². The number of rotatable bonds is 2. The van der Waals surface area contributed by atoms with Gasteiger partial charge in [0.05, 0.1) is 6.10 Å². The summed E-state index contributed by atoms with van der Waals surface area (Å²) in [5, 5.41) is 13.1. The van der Waals surface area contributed by atoms with E-state index in [0.29, 0.717) is 0 Å². The Balaban J connectivity index is 1.97. The van der Waals surface area contributed by atoms with Crippen molar-refractivity contribution in [1.29, 1.82) is 0 Å². The summed E-state index contributed by atoms with van der Waals surface area (Å²) >= 11 is 3.81. The molecule has 2 heterocycles. The molecule has 0 bridgehead atoms. The Labute approximate surface area is 115 Å². The van der Waals surface area contributed by atoms with Crippen molar-refractivity contribution in [2.75, 3.05) is 17.3 Å². The lowest BCUT2D eigenvalue weighted by Gasteiger charge is -2.26. The maximum Gasteiger partial charge on any atom is 0.0937 e. The van der Waals surface area contributed by atoms with Gasteiger partial charge < -0.3 is 5.11 Å². The zero-order chi connectivity index (χ0) is 12.4. The highest BCUT2D eigenvalue weighted by molar-refractivity contribution is 8.06. The summed E-state index contributed by atoms with van der Waals surface area (Å²) in [5.41, 5.74) is 0.966. The van der Waals surface area contributed by atoms with Crippen LogP contribution in [0.5, 0.6) is 0 Å². The molecule has 0 aliphatic carbocycles. The number of pyridine rings is 1. The van der Waals surface area contributed by atoms with E-state index in [9.17, 15) is 5.11 Å². The first kappa shape index (κ1) is 12.3. The van der Waals surface area contributed by atoms with Gasteiger partial charge in [0.25, 0.3) is 0 Å². The molecule has 2 unspecified atom stereocenters. The molecular formula is C14H15NOS2. The fourth-order valence-corrected chi connectivity index (χ4v) is 5.01. The third-order valence-electron chi connectivity index (χ3n) is 3.21. The lowest BCUT2D eigenvalue weighted by Crippen LogP contribution is -2.22. The molecular weight excluding hydrogens is 262 g/mol. The Kier molecular flexibility index (Phi) is 3.77. The van der Waals surface area contributed by atoms with Gasteiger partial charge in [0, 0.05) is 45.9 Å². The normalized spacial score (nSPS) is 21.9. The van der Waals surface area contributed by atoms with Crippen molar-refractivity contribution in [2.45, 2.75) is 11.4 Å². The Morgan fingerprint density at radius 2 is 2.11 bits per heavy atom. The topological polar surface area (TPSA) is 33.1 Å². The molecule has 2 nitrogen and oxygen atoms in total. The minimum Gasteiger partial charge on any atom is -0.387 e. The van der Waals surface area contributed by atoms with Gasteiger partial charge in [-0.2, -0.15) is 23.5 Å². The number of aliphatic hydroxyl groups excluding tert-OH is 1. The van der Waals surface area contributed by atoms with Gasteiger partial charge in [-0.15, -0.1) is 0 Å². The first-order valence-electron chi connectivity index (χ1n) is 6.06. The van der Waals surface area contributed by atoms with Gasteiger partial charge in [0.15, 0.2) is 0 Å². The summed E-state index contributed by atoms with van der Waals surface area (Å²) < 4.78 is 0. The van der Waals surface area contributed by atoms with Crippen molar-refractivity contribution < 1.29 is 5.11 Å². The van der Waals surface area contributed by atoms with E-state index in [1.165, 1.54) is 5.75 Å². The molecule has 2 atom stereocenters. The largest absolute Gasteiger partial charge is 0.387 e. The molecule has 1 saturated heterocycles. The van der Waals surface area contributed by atoms with Crippen LogP contribution in [0, 0.1) is 0 Å². The van der Waals surface area contributed by atoms with Crippen LogP contribution >= 0.6 is 23.5 Å².